The maximum Gasteiger partial charge on any atom is 0.329 e. The van der Waals surface area contributed by atoms with E-state index in [0.29, 0.717) is 22.8 Å². The second-order valence-electron chi connectivity index (χ2n) is 5.76. The molecule has 3 rings (SSSR count). The summed E-state index contributed by atoms with van der Waals surface area (Å²) in [6, 6.07) is 14.0. The van der Waals surface area contributed by atoms with Gasteiger partial charge in [-0.3, -0.25) is 9.59 Å². The van der Waals surface area contributed by atoms with E-state index in [2.05, 4.69) is 21.2 Å². The molecule has 1 aliphatic rings. The number of halogens is 1. The van der Waals surface area contributed by atoms with Crippen molar-refractivity contribution in [1.29, 1.82) is 0 Å². The molecule has 1 fully saturated rings. The van der Waals surface area contributed by atoms with Gasteiger partial charge in [0.25, 0.3) is 5.91 Å². The third-order valence-electron chi connectivity index (χ3n) is 3.77. The summed E-state index contributed by atoms with van der Waals surface area (Å²) in [6.45, 7) is -0.253. The SMILES string of the molecule is O=C(O)CN1C(=O)N/C(=C/c2ccc(OCc3ccc(Br)cc3)cc2)C1=O. The largest absolute Gasteiger partial charge is 0.489 e. The number of nitrogens with zero attached hydrogens (tertiary/aromatic N) is 1. The van der Waals surface area contributed by atoms with Gasteiger partial charge >= 0.3 is 12.0 Å². The Morgan fingerprint density at radius 3 is 2.41 bits per heavy atom. The molecule has 0 saturated carbocycles. The highest BCUT2D eigenvalue weighted by molar-refractivity contribution is 9.10. The van der Waals surface area contributed by atoms with Crippen molar-refractivity contribution in [3.8, 4) is 5.75 Å². The van der Waals surface area contributed by atoms with Gasteiger partial charge in [-0.1, -0.05) is 40.2 Å². The minimum Gasteiger partial charge on any atom is -0.489 e. The fraction of sp³-hybridized carbons (Fsp3) is 0.105. The third-order valence-corrected chi connectivity index (χ3v) is 4.29. The monoisotopic (exact) mass is 430 g/mol. The molecular weight excluding hydrogens is 416 g/mol. The number of amides is 3. The van der Waals surface area contributed by atoms with Crippen molar-refractivity contribution in [2.75, 3.05) is 6.54 Å². The van der Waals surface area contributed by atoms with Crippen molar-refractivity contribution in [3.63, 3.8) is 0 Å². The number of imide groups is 1. The summed E-state index contributed by atoms with van der Waals surface area (Å²) in [5.74, 6) is -1.26. The van der Waals surface area contributed by atoms with E-state index in [0.717, 1.165) is 10.0 Å². The van der Waals surface area contributed by atoms with Crippen molar-refractivity contribution in [2.45, 2.75) is 6.61 Å². The average molecular weight is 431 g/mol. The molecule has 0 atom stereocenters. The first-order valence-corrected chi connectivity index (χ1v) is 8.75. The van der Waals surface area contributed by atoms with Gasteiger partial charge < -0.3 is 15.2 Å². The normalized spacial score (nSPS) is 15.1. The first kappa shape index (κ1) is 18.7. The molecule has 1 aliphatic heterocycles. The van der Waals surface area contributed by atoms with E-state index in [1.807, 2.05) is 24.3 Å². The van der Waals surface area contributed by atoms with E-state index in [9.17, 15) is 14.4 Å². The lowest BCUT2D eigenvalue weighted by Gasteiger charge is -2.07. The highest BCUT2D eigenvalue weighted by atomic mass is 79.9. The predicted octanol–water partition coefficient (Wildman–Crippen LogP) is 3.01. The predicted molar refractivity (Wildman–Crippen MR) is 101 cm³/mol. The quantitative estimate of drug-likeness (QED) is 0.542. The minimum atomic E-state index is -1.26. The van der Waals surface area contributed by atoms with Gasteiger partial charge in [0.1, 0.15) is 24.6 Å². The highest BCUT2D eigenvalue weighted by Crippen LogP contribution is 2.19. The molecule has 0 radical (unpaired) electrons. The Bertz CT molecular complexity index is 907. The molecule has 0 bridgehead atoms. The Kier molecular flexibility index (Phi) is 5.56. The van der Waals surface area contributed by atoms with Crippen LogP contribution in [0.4, 0.5) is 4.79 Å². The number of hydrogen-bond acceptors (Lipinski definition) is 4. The van der Waals surface area contributed by atoms with Gasteiger partial charge in [-0.05, 0) is 41.5 Å². The molecule has 0 aliphatic carbocycles. The van der Waals surface area contributed by atoms with Crippen molar-refractivity contribution in [2.24, 2.45) is 0 Å². The van der Waals surface area contributed by atoms with Gasteiger partial charge in [-0.15, -0.1) is 0 Å². The van der Waals surface area contributed by atoms with E-state index in [4.69, 9.17) is 9.84 Å². The van der Waals surface area contributed by atoms with Crippen molar-refractivity contribution in [3.05, 3.63) is 69.8 Å². The number of carbonyl (C=O) groups is 3. The smallest absolute Gasteiger partial charge is 0.329 e. The van der Waals surface area contributed by atoms with Crippen LogP contribution in [0.1, 0.15) is 11.1 Å². The van der Waals surface area contributed by atoms with Gasteiger partial charge in [-0.25, -0.2) is 9.69 Å². The fourth-order valence-corrected chi connectivity index (χ4v) is 2.69. The first-order chi connectivity index (χ1) is 12.9. The molecule has 0 spiro atoms. The lowest BCUT2D eigenvalue weighted by atomic mass is 10.2. The average Bonchev–Trinajstić information content (AvgIpc) is 2.89. The number of carboxylic acid groups (broad SMARTS) is 1. The maximum atomic E-state index is 12.1. The van der Waals surface area contributed by atoms with E-state index < -0.39 is 24.5 Å². The van der Waals surface area contributed by atoms with Gasteiger partial charge in [0.15, 0.2) is 0 Å². The Morgan fingerprint density at radius 1 is 1.11 bits per heavy atom. The summed E-state index contributed by atoms with van der Waals surface area (Å²) >= 11 is 3.38. The molecule has 7 nitrogen and oxygen atoms in total. The fourth-order valence-electron chi connectivity index (χ4n) is 2.42. The number of carboxylic acids is 1. The number of carbonyl (C=O) groups excluding carboxylic acids is 2. The summed E-state index contributed by atoms with van der Waals surface area (Å²) < 4.78 is 6.71. The number of hydrogen-bond donors (Lipinski definition) is 2. The number of aliphatic carboxylic acids is 1. The molecule has 2 aromatic rings. The van der Waals surface area contributed by atoms with Crippen LogP contribution in [0.3, 0.4) is 0 Å². The third kappa shape index (κ3) is 4.73. The molecule has 3 amide bonds. The van der Waals surface area contributed by atoms with Crippen LogP contribution in [-0.2, 0) is 16.2 Å². The van der Waals surface area contributed by atoms with Gasteiger partial charge in [0.2, 0.25) is 0 Å². The van der Waals surface area contributed by atoms with E-state index in [-0.39, 0.29) is 5.70 Å². The lowest BCUT2D eigenvalue weighted by Crippen LogP contribution is -2.35. The number of ether oxygens (including phenoxy) is 1. The zero-order valence-electron chi connectivity index (χ0n) is 14.0. The number of benzene rings is 2. The molecule has 0 aromatic heterocycles. The second-order valence-corrected chi connectivity index (χ2v) is 6.67. The molecule has 27 heavy (non-hydrogen) atoms. The maximum absolute atomic E-state index is 12.1. The van der Waals surface area contributed by atoms with Crippen LogP contribution < -0.4 is 10.1 Å². The molecule has 2 N–H and O–H groups in total. The second kappa shape index (κ2) is 8.05. The summed E-state index contributed by atoms with van der Waals surface area (Å²) in [5.41, 5.74) is 1.73. The van der Waals surface area contributed by atoms with Crippen LogP contribution in [0.2, 0.25) is 0 Å². The molecular formula is C19H15BrN2O5. The van der Waals surface area contributed by atoms with Crippen molar-refractivity contribution >= 4 is 39.9 Å². The van der Waals surface area contributed by atoms with Crippen LogP contribution >= 0.6 is 15.9 Å². The molecule has 0 unspecified atom stereocenters. The minimum absolute atomic E-state index is 0.0322. The topological polar surface area (TPSA) is 95.9 Å². The number of urea groups is 1. The molecule has 8 heteroatoms. The van der Waals surface area contributed by atoms with Gasteiger partial charge in [0, 0.05) is 4.47 Å². The summed E-state index contributed by atoms with van der Waals surface area (Å²) in [7, 11) is 0. The molecule has 1 heterocycles. The Labute approximate surface area is 163 Å². The van der Waals surface area contributed by atoms with Gasteiger partial charge in [-0.2, -0.15) is 0 Å². The molecule has 138 valence electrons. The summed E-state index contributed by atoms with van der Waals surface area (Å²) in [5, 5.41) is 11.1. The van der Waals surface area contributed by atoms with Crippen LogP contribution in [-0.4, -0.2) is 34.5 Å². The van der Waals surface area contributed by atoms with Crippen LogP contribution in [0.25, 0.3) is 6.08 Å². The number of nitrogens with one attached hydrogen (secondary N) is 1. The zero-order valence-corrected chi connectivity index (χ0v) is 15.6. The van der Waals surface area contributed by atoms with Crippen molar-refractivity contribution < 1.29 is 24.2 Å². The van der Waals surface area contributed by atoms with E-state index in [1.165, 1.54) is 6.08 Å². The van der Waals surface area contributed by atoms with Crippen LogP contribution in [0.5, 0.6) is 5.75 Å². The Hall–Kier alpha value is -3.13. The number of rotatable bonds is 6. The standard InChI is InChI=1S/C19H15BrN2O5/c20-14-5-1-13(2-6-14)11-27-15-7-3-12(4-8-15)9-16-18(25)22(10-17(23)24)19(26)21-16/h1-9H,10-11H2,(H,21,26)(H,23,24)/b16-9+. The lowest BCUT2D eigenvalue weighted by molar-refractivity contribution is -0.140. The zero-order chi connectivity index (χ0) is 19.4. The van der Waals surface area contributed by atoms with E-state index in [1.54, 1.807) is 24.3 Å². The Morgan fingerprint density at radius 2 is 1.78 bits per heavy atom. The summed E-state index contributed by atoms with van der Waals surface area (Å²) in [4.78, 5) is 35.1. The van der Waals surface area contributed by atoms with Crippen LogP contribution in [0, 0.1) is 0 Å². The summed E-state index contributed by atoms with van der Waals surface area (Å²) in [6.07, 6.45) is 1.49. The van der Waals surface area contributed by atoms with Crippen LogP contribution in [0.15, 0.2) is 58.7 Å². The van der Waals surface area contributed by atoms with E-state index >= 15 is 0 Å². The molecule has 2 aromatic carbocycles. The van der Waals surface area contributed by atoms with Gasteiger partial charge in [0.05, 0.1) is 0 Å². The molecule has 1 saturated heterocycles. The highest BCUT2D eigenvalue weighted by Gasteiger charge is 2.34. The first-order valence-electron chi connectivity index (χ1n) is 7.96. The Balaban J connectivity index is 1.64. The van der Waals surface area contributed by atoms with Crippen molar-refractivity contribution in [1.82, 2.24) is 10.2 Å².